The number of thioether (sulfide) groups is 1. The van der Waals surface area contributed by atoms with Gasteiger partial charge in [0.1, 0.15) is 0 Å². The van der Waals surface area contributed by atoms with Crippen LogP contribution in [0.1, 0.15) is 56.8 Å². The first-order valence-corrected chi connectivity index (χ1v) is 8.26. The second-order valence-corrected chi connectivity index (χ2v) is 8.14. The van der Waals surface area contributed by atoms with E-state index in [0.717, 1.165) is 12.3 Å². The lowest BCUT2D eigenvalue weighted by Crippen LogP contribution is -2.26. The van der Waals surface area contributed by atoms with Crippen molar-refractivity contribution < 1.29 is 0 Å². The van der Waals surface area contributed by atoms with Crippen molar-refractivity contribution in [1.29, 1.82) is 0 Å². The molecule has 0 aliphatic heterocycles. The second kappa shape index (κ2) is 7.35. The summed E-state index contributed by atoms with van der Waals surface area (Å²) in [6.45, 7) is 14.6. The van der Waals surface area contributed by atoms with Gasteiger partial charge in [-0.1, -0.05) is 51.5 Å². The fourth-order valence-electron chi connectivity index (χ4n) is 2.13. The van der Waals surface area contributed by atoms with Crippen LogP contribution in [0, 0.1) is 13.8 Å². The molecule has 2 heteroatoms. The van der Waals surface area contributed by atoms with Crippen LogP contribution in [0.15, 0.2) is 18.2 Å². The highest BCUT2D eigenvalue weighted by molar-refractivity contribution is 8.00. The summed E-state index contributed by atoms with van der Waals surface area (Å²) >= 11 is 2.04. The zero-order chi connectivity index (χ0) is 14.5. The van der Waals surface area contributed by atoms with Crippen LogP contribution in [0.4, 0.5) is 0 Å². The minimum absolute atomic E-state index is 0.324. The van der Waals surface area contributed by atoms with Gasteiger partial charge in [-0.3, -0.25) is 0 Å². The molecular weight excluding hydrogens is 250 g/mol. The number of rotatable bonds is 6. The van der Waals surface area contributed by atoms with Gasteiger partial charge in [-0.25, -0.2) is 0 Å². The molecule has 1 N–H and O–H groups in total. The first kappa shape index (κ1) is 16.6. The van der Waals surface area contributed by atoms with Crippen molar-refractivity contribution in [1.82, 2.24) is 5.32 Å². The molecule has 1 aromatic carbocycles. The third-order valence-corrected chi connectivity index (χ3v) is 4.49. The number of nitrogens with one attached hydrogen (secondary N) is 1. The summed E-state index contributed by atoms with van der Waals surface area (Å²) in [6, 6.07) is 7.27. The Bertz CT molecular complexity index is 393. The highest BCUT2D eigenvalue weighted by Gasteiger charge is 2.18. The van der Waals surface area contributed by atoms with E-state index >= 15 is 0 Å². The van der Waals surface area contributed by atoms with E-state index in [1.165, 1.54) is 23.1 Å². The summed E-state index contributed by atoms with van der Waals surface area (Å²) < 4.78 is 0.324. The van der Waals surface area contributed by atoms with Gasteiger partial charge >= 0.3 is 0 Å². The Hall–Kier alpha value is -0.470. The van der Waals surface area contributed by atoms with Gasteiger partial charge in [-0.2, -0.15) is 11.8 Å². The summed E-state index contributed by atoms with van der Waals surface area (Å²) in [5, 5.41) is 3.70. The molecular formula is C17H29NS. The summed E-state index contributed by atoms with van der Waals surface area (Å²) in [4.78, 5) is 0. The number of benzene rings is 1. The molecule has 0 aromatic heterocycles. The van der Waals surface area contributed by atoms with Gasteiger partial charge in [0.15, 0.2) is 0 Å². The Kier molecular flexibility index (Phi) is 6.41. The molecule has 1 rings (SSSR count). The maximum atomic E-state index is 3.70. The van der Waals surface area contributed by atoms with Crippen LogP contribution in [-0.4, -0.2) is 17.0 Å². The normalized spacial score (nSPS) is 13.6. The van der Waals surface area contributed by atoms with E-state index in [1.807, 2.05) is 11.8 Å². The summed E-state index contributed by atoms with van der Waals surface area (Å²) in [7, 11) is 0. The van der Waals surface area contributed by atoms with Crippen LogP contribution in [0.25, 0.3) is 0 Å². The van der Waals surface area contributed by atoms with Gasteiger partial charge in [0, 0.05) is 16.5 Å². The lowest BCUT2D eigenvalue weighted by molar-refractivity contribution is 0.573. The standard InChI is InChI=1S/C17H29NS/c1-7-10-18-16(12-19-17(4,5)6)15-9-8-13(2)11-14(15)3/h8-9,11,16,18H,7,10,12H2,1-6H3. The van der Waals surface area contributed by atoms with Gasteiger partial charge in [0.25, 0.3) is 0 Å². The summed E-state index contributed by atoms with van der Waals surface area (Å²) in [5.41, 5.74) is 4.21. The van der Waals surface area contributed by atoms with E-state index in [9.17, 15) is 0 Å². The van der Waals surface area contributed by atoms with E-state index in [-0.39, 0.29) is 0 Å². The Morgan fingerprint density at radius 1 is 1.21 bits per heavy atom. The van der Waals surface area contributed by atoms with Crippen molar-refractivity contribution in [3.8, 4) is 0 Å². The minimum atomic E-state index is 0.324. The fourth-order valence-corrected chi connectivity index (χ4v) is 3.09. The van der Waals surface area contributed by atoms with Crippen LogP contribution in [-0.2, 0) is 0 Å². The highest BCUT2D eigenvalue weighted by Crippen LogP contribution is 2.29. The van der Waals surface area contributed by atoms with Crippen LogP contribution in [0.2, 0.25) is 0 Å². The lowest BCUT2D eigenvalue weighted by atomic mass is 10.00. The highest BCUT2D eigenvalue weighted by atomic mass is 32.2. The molecule has 0 fully saturated rings. The van der Waals surface area contributed by atoms with Gasteiger partial charge < -0.3 is 5.32 Å². The monoisotopic (exact) mass is 279 g/mol. The summed E-state index contributed by atoms with van der Waals surface area (Å²) in [5.74, 6) is 1.13. The number of hydrogen-bond donors (Lipinski definition) is 1. The molecule has 0 heterocycles. The topological polar surface area (TPSA) is 12.0 Å². The first-order valence-electron chi connectivity index (χ1n) is 7.28. The molecule has 19 heavy (non-hydrogen) atoms. The number of hydrogen-bond acceptors (Lipinski definition) is 2. The molecule has 108 valence electrons. The van der Waals surface area contributed by atoms with E-state index < -0.39 is 0 Å². The molecule has 1 nitrogen and oxygen atoms in total. The van der Waals surface area contributed by atoms with Crippen molar-refractivity contribution in [2.75, 3.05) is 12.3 Å². The molecule has 0 amide bonds. The Morgan fingerprint density at radius 3 is 2.42 bits per heavy atom. The molecule has 0 aliphatic carbocycles. The quantitative estimate of drug-likeness (QED) is 0.797. The average molecular weight is 279 g/mol. The number of aryl methyl sites for hydroxylation is 2. The molecule has 0 saturated carbocycles. The Morgan fingerprint density at radius 2 is 1.89 bits per heavy atom. The van der Waals surface area contributed by atoms with E-state index in [2.05, 4.69) is 65.1 Å². The maximum Gasteiger partial charge on any atom is 0.0414 e. The largest absolute Gasteiger partial charge is 0.309 e. The van der Waals surface area contributed by atoms with Crippen LogP contribution >= 0.6 is 11.8 Å². The van der Waals surface area contributed by atoms with Gasteiger partial charge in [-0.15, -0.1) is 0 Å². The zero-order valence-electron chi connectivity index (χ0n) is 13.3. The maximum absolute atomic E-state index is 3.70. The Balaban J connectivity index is 2.83. The molecule has 0 radical (unpaired) electrons. The smallest absolute Gasteiger partial charge is 0.0414 e. The van der Waals surface area contributed by atoms with Crippen molar-refractivity contribution >= 4 is 11.8 Å². The third kappa shape index (κ3) is 6.01. The molecule has 1 aromatic rings. The summed E-state index contributed by atoms with van der Waals surface area (Å²) in [6.07, 6.45) is 1.18. The first-order chi connectivity index (χ1) is 8.83. The molecule has 0 aliphatic rings. The van der Waals surface area contributed by atoms with E-state index in [1.54, 1.807) is 0 Å². The lowest BCUT2D eigenvalue weighted by Gasteiger charge is -2.25. The molecule has 0 spiro atoms. The molecule has 1 atom stereocenters. The second-order valence-electron chi connectivity index (χ2n) is 6.29. The minimum Gasteiger partial charge on any atom is -0.309 e. The van der Waals surface area contributed by atoms with E-state index in [4.69, 9.17) is 0 Å². The fraction of sp³-hybridized carbons (Fsp3) is 0.647. The van der Waals surface area contributed by atoms with Crippen molar-refractivity contribution in [2.24, 2.45) is 0 Å². The third-order valence-electron chi connectivity index (χ3n) is 3.12. The SMILES string of the molecule is CCCNC(CSC(C)(C)C)c1ccc(C)cc1C. The van der Waals surface area contributed by atoms with E-state index in [0.29, 0.717) is 10.8 Å². The van der Waals surface area contributed by atoms with Crippen LogP contribution in [0.3, 0.4) is 0 Å². The van der Waals surface area contributed by atoms with Crippen molar-refractivity contribution in [3.63, 3.8) is 0 Å². The Labute approximate surface area is 123 Å². The van der Waals surface area contributed by atoms with Crippen molar-refractivity contribution in [2.45, 2.75) is 58.8 Å². The van der Waals surface area contributed by atoms with Gasteiger partial charge in [0.2, 0.25) is 0 Å². The molecule has 1 unspecified atom stereocenters. The molecule has 0 saturated heterocycles. The predicted octanol–water partition coefficient (Wildman–Crippen LogP) is 4.88. The zero-order valence-corrected chi connectivity index (χ0v) is 14.2. The average Bonchev–Trinajstić information content (AvgIpc) is 2.29. The van der Waals surface area contributed by atoms with Crippen molar-refractivity contribution in [3.05, 3.63) is 34.9 Å². The van der Waals surface area contributed by atoms with Gasteiger partial charge in [0.05, 0.1) is 0 Å². The predicted molar refractivity (Wildman–Crippen MR) is 89.2 cm³/mol. The molecule has 0 bridgehead atoms. The van der Waals surface area contributed by atoms with Crippen LogP contribution in [0.5, 0.6) is 0 Å². The van der Waals surface area contributed by atoms with Crippen LogP contribution < -0.4 is 5.32 Å². The van der Waals surface area contributed by atoms with Gasteiger partial charge in [-0.05, 0) is 37.9 Å².